The van der Waals surface area contributed by atoms with Crippen molar-refractivity contribution in [3.05, 3.63) is 0 Å². The van der Waals surface area contributed by atoms with Gasteiger partial charge in [-0.05, 0) is 33.0 Å². The van der Waals surface area contributed by atoms with Crippen molar-refractivity contribution in [1.82, 2.24) is 10.6 Å². The molecule has 14 heavy (non-hydrogen) atoms. The van der Waals surface area contributed by atoms with Gasteiger partial charge in [-0.1, -0.05) is 0 Å². The number of hydrogen-bond acceptors (Lipinski definition) is 4. The Labute approximate surface area is 88.8 Å². The molecule has 3 N–H and O–H groups in total. The fourth-order valence-electron chi connectivity index (χ4n) is 0.610. The Hall–Kier alpha value is -0.880. The smallest absolute Gasteiger partial charge is 0.413 e. The Kier molecular flexibility index (Phi) is 5.40. The quantitative estimate of drug-likeness (QED) is 0.587. The van der Waals surface area contributed by atoms with Gasteiger partial charge in [0.15, 0.2) is 5.11 Å². The van der Waals surface area contributed by atoms with E-state index in [-0.39, 0.29) is 11.7 Å². The van der Waals surface area contributed by atoms with Crippen LogP contribution in [0.15, 0.2) is 0 Å². The predicted octanol–water partition coefficient (Wildman–Crippen LogP) is 0.378. The highest BCUT2D eigenvalue weighted by Gasteiger charge is 2.16. The Morgan fingerprint density at radius 2 is 2.07 bits per heavy atom. The molecule has 0 atom stereocenters. The van der Waals surface area contributed by atoms with Crippen molar-refractivity contribution >= 4 is 23.4 Å². The Bertz CT molecular complexity index is 213. The van der Waals surface area contributed by atoms with E-state index in [0.717, 1.165) is 0 Å². The van der Waals surface area contributed by atoms with Crippen molar-refractivity contribution in [3.8, 4) is 0 Å². The van der Waals surface area contributed by atoms with Gasteiger partial charge >= 0.3 is 6.09 Å². The van der Waals surface area contributed by atoms with Gasteiger partial charge in [-0.3, -0.25) is 5.32 Å². The van der Waals surface area contributed by atoms with Crippen molar-refractivity contribution in [2.24, 2.45) is 0 Å². The number of ether oxygens (including phenoxy) is 1. The highest BCUT2D eigenvalue weighted by Crippen LogP contribution is 2.06. The average molecular weight is 220 g/mol. The minimum atomic E-state index is -0.604. The molecule has 5 nitrogen and oxygen atoms in total. The van der Waals surface area contributed by atoms with E-state index in [2.05, 4.69) is 10.6 Å². The molecular weight excluding hydrogens is 204 g/mol. The summed E-state index contributed by atoms with van der Waals surface area (Å²) in [5.74, 6) is 0. The van der Waals surface area contributed by atoms with Crippen molar-refractivity contribution < 1.29 is 14.6 Å². The van der Waals surface area contributed by atoms with Crippen LogP contribution in [0.25, 0.3) is 0 Å². The number of thiocarbonyl (C=S) groups is 1. The molecule has 0 aromatic heterocycles. The number of nitrogens with one attached hydrogen (secondary N) is 2. The van der Waals surface area contributed by atoms with E-state index >= 15 is 0 Å². The highest BCUT2D eigenvalue weighted by molar-refractivity contribution is 7.80. The summed E-state index contributed by atoms with van der Waals surface area (Å²) >= 11 is 4.75. The molecule has 0 unspecified atom stereocenters. The number of rotatable bonds is 2. The molecule has 0 aromatic carbocycles. The molecule has 0 aliphatic heterocycles. The van der Waals surface area contributed by atoms with Crippen molar-refractivity contribution in [2.75, 3.05) is 13.2 Å². The maximum absolute atomic E-state index is 11.1. The van der Waals surface area contributed by atoms with E-state index in [1.165, 1.54) is 0 Å². The van der Waals surface area contributed by atoms with Crippen LogP contribution in [0.4, 0.5) is 4.79 Å². The Balaban J connectivity index is 3.78. The molecule has 1 amide bonds. The molecule has 0 saturated heterocycles. The molecule has 0 fully saturated rings. The summed E-state index contributed by atoms with van der Waals surface area (Å²) in [5, 5.41) is 13.6. The summed E-state index contributed by atoms with van der Waals surface area (Å²) in [4.78, 5) is 11.1. The summed E-state index contributed by atoms with van der Waals surface area (Å²) in [5.41, 5.74) is -0.545. The van der Waals surface area contributed by atoms with Crippen LogP contribution in [0.1, 0.15) is 20.8 Å². The number of carbonyl (C=O) groups is 1. The average Bonchev–Trinajstić information content (AvgIpc) is 1.96. The molecule has 0 aromatic rings. The first-order chi connectivity index (χ1) is 6.35. The van der Waals surface area contributed by atoms with Crippen molar-refractivity contribution in [3.63, 3.8) is 0 Å². The molecule has 0 saturated carbocycles. The van der Waals surface area contributed by atoms with Gasteiger partial charge in [-0.2, -0.15) is 0 Å². The van der Waals surface area contributed by atoms with Crippen LogP contribution < -0.4 is 10.6 Å². The summed E-state index contributed by atoms with van der Waals surface area (Å²) < 4.78 is 4.95. The second kappa shape index (κ2) is 5.77. The van der Waals surface area contributed by atoms with E-state index in [1.807, 2.05) is 0 Å². The van der Waals surface area contributed by atoms with E-state index in [1.54, 1.807) is 20.8 Å². The lowest BCUT2D eigenvalue weighted by Gasteiger charge is -2.19. The molecule has 0 heterocycles. The monoisotopic (exact) mass is 220 g/mol. The van der Waals surface area contributed by atoms with Gasteiger partial charge in [0, 0.05) is 6.54 Å². The lowest BCUT2D eigenvalue weighted by molar-refractivity contribution is 0.0562. The van der Waals surface area contributed by atoms with Crippen LogP contribution in [0.3, 0.4) is 0 Å². The summed E-state index contributed by atoms with van der Waals surface area (Å²) in [7, 11) is 0. The third-order valence-corrected chi connectivity index (χ3v) is 1.26. The van der Waals surface area contributed by atoms with Gasteiger partial charge in [-0.15, -0.1) is 0 Å². The largest absolute Gasteiger partial charge is 0.444 e. The Morgan fingerprint density at radius 1 is 1.50 bits per heavy atom. The van der Waals surface area contributed by atoms with Gasteiger partial charge in [-0.25, -0.2) is 4.79 Å². The van der Waals surface area contributed by atoms with Crippen LogP contribution in [-0.4, -0.2) is 35.1 Å². The number of carbonyl (C=O) groups excluding carboxylic acids is 1. The predicted molar refractivity (Wildman–Crippen MR) is 57.1 cm³/mol. The van der Waals surface area contributed by atoms with Crippen LogP contribution in [0.2, 0.25) is 0 Å². The van der Waals surface area contributed by atoms with Gasteiger partial charge in [0.05, 0.1) is 6.61 Å². The second-order valence-electron chi connectivity index (χ2n) is 3.61. The number of hydrogen-bond donors (Lipinski definition) is 3. The summed E-state index contributed by atoms with van der Waals surface area (Å²) in [6.45, 7) is 5.54. The van der Waals surface area contributed by atoms with Gasteiger partial charge in [0.2, 0.25) is 0 Å². The van der Waals surface area contributed by atoms with Crippen LogP contribution in [0.5, 0.6) is 0 Å². The molecule has 0 aliphatic rings. The molecule has 82 valence electrons. The fourth-order valence-corrected chi connectivity index (χ4v) is 0.795. The minimum absolute atomic E-state index is 0.0455. The van der Waals surface area contributed by atoms with E-state index in [4.69, 9.17) is 22.1 Å². The first kappa shape index (κ1) is 13.1. The maximum atomic E-state index is 11.1. The third kappa shape index (κ3) is 7.75. The van der Waals surface area contributed by atoms with E-state index in [9.17, 15) is 4.79 Å². The summed E-state index contributed by atoms with van der Waals surface area (Å²) in [6, 6.07) is 0. The maximum Gasteiger partial charge on any atom is 0.413 e. The van der Waals surface area contributed by atoms with Crippen molar-refractivity contribution in [1.29, 1.82) is 0 Å². The zero-order valence-corrected chi connectivity index (χ0v) is 9.40. The first-order valence-electron chi connectivity index (χ1n) is 4.24. The lowest BCUT2D eigenvalue weighted by atomic mass is 10.2. The molecule has 0 aliphatic carbocycles. The van der Waals surface area contributed by atoms with E-state index < -0.39 is 11.7 Å². The number of amides is 1. The van der Waals surface area contributed by atoms with Crippen LogP contribution in [0, 0.1) is 0 Å². The molecule has 0 radical (unpaired) electrons. The molecule has 0 bridgehead atoms. The second-order valence-corrected chi connectivity index (χ2v) is 4.01. The standard InChI is InChI=1S/C8H16N2O3S/c1-8(2,3)13-7(12)10-6(14)9-4-5-11/h11H,4-5H2,1-3H3,(H2,9,10,12,14). The number of aliphatic hydroxyl groups is 1. The number of aliphatic hydroxyl groups excluding tert-OH is 1. The molecule has 0 rings (SSSR count). The zero-order valence-electron chi connectivity index (χ0n) is 8.59. The van der Waals surface area contributed by atoms with Crippen LogP contribution >= 0.6 is 12.2 Å². The highest BCUT2D eigenvalue weighted by atomic mass is 32.1. The van der Waals surface area contributed by atoms with Gasteiger partial charge in [0.25, 0.3) is 0 Å². The van der Waals surface area contributed by atoms with Crippen molar-refractivity contribution in [2.45, 2.75) is 26.4 Å². The zero-order chi connectivity index (χ0) is 11.2. The lowest BCUT2D eigenvalue weighted by Crippen LogP contribution is -2.42. The molecular formula is C8H16N2O3S. The first-order valence-corrected chi connectivity index (χ1v) is 4.64. The minimum Gasteiger partial charge on any atom is -0.444 e. The van der Waals surface area contributed by atoms with Crippen LogP contribution in [-0.2, 0) is 4.74 Å². The van der Waals surface area contributed by atoms with Gasteiger partial charge in [0.1, 0.15) is 5.60 Å². The third-order valence-electron chi connectivity index (χ3n) is 1.01. The number of alkyl carbamates (subject to hydrolysis) is 1. The fraction of sp³-hybridized carbons (Fsp3) is 0.750. The molecule has 0 spiro atoms. The van der Waals surface area contributed by atoms with Gasteiger partial charge < -0.3 is 15.2 Å². The topological polar surface area (TPSA) is 70.6 Å². The SMILES string of the molecule is CC(C)(C)OC(=O)NC(=S)NCCO. The molecule has 6 heteroatoms. The summed E-state index contributed by atoms with van der Waals surface area (Å²) in [6.07, 6.45) is -0.604. The Morgan fingerprint density at radius 3 is 2.50 bits per heavy atom. The normalized spacial score (nSPS) is 10.6. The van der Waals surface area contributed by atoms with E-state index in [0.29, 0.717) is 6.54 Å².